The average molecular weight is 422 g/mol. The van der Waals surface area contributed by atoms with E-state index in [0.717, 1.165) is 5.56 Å². The van der Waals surface area contributed by atoms with Crippen LogP contribution in [0.25, 0.3) is 11.4 Å². The monoisotopic (exact) mass is 421 g/mol. The van der Waals surface area contributed by atoms with Crippen LogP contribution >= 0.6 is 35.0 Å². The number of aromatic nitrogens is 3. The van der Waals surface area contributed by atoms with Gasteiger partial charge < -0.3 is 11.2 Å². The van der Waals surface area contributed by atoms with Crippen molar-refractivity contribution in [1.29, 1.82) is 0 Å². The normalized spacial score (nSPS) is 12.0. The number of carbonyl (C=O) groups is 1. The summed E-state index contributed by atoms with van der Waals surface area (Å²) in [6, 6.07) is 14.7. The molecule has 6 nitrogen and oxygen atoms in total. The third-order valence-corrected chi connectivity index (χ3v) is 5.40. The molecule has 3 aromatic rings. The molecule has 2 aromatic carbocycles. The third kappa shape index (κ3) is 4.74. The van der Waals surface area contributed by atoms with Gasteiger partial charge in [-0.1, -0.05) is 65.3 Å². The van der Waals surface area contributed by atoms with Crippen LogP contribution in [0.5, 0.6) is 0 Å². The number of hydrogen-bond donors (Lipinski definition) is 2. The third-order valence-electron chi connectivity index (χ3n) is 3.80. The van der Waals surface area contributed by atoms with Gasteiger partial charge in [-0.25, -0.2) is 4.68 Å². The molecule has 0 radical (unpaired) electrons. The molecule has 0 saturated carbocycles. The van der Waals surface area contributed by atoms with E-state index in [9.17, 15) is 4.79 Å². The molecule has 1 aromatic heterocycles. The molecule has 0 saturated heterocycles. The van der Waals surface area contributed by atoms with Crippen molar-refractivity contribution in [2.24, 2.45) is 0 Å². The van der Waals surface area contributed by atoms with Crippen LogP contribution < -0.4 is 11.2 Å². The van der Waals surface area contributed by atoms with Crippen molar-refractivity contribution in [2.75, 3.05) is 5.84 Å². The van der Waals surface area contributed by atoms with Gasteiger partial charge in [0.15, 0.2) is 5.82 Å². The van der Waals surface area contributed by atoms with E-state index in [-0.39, 0.29) is 5.91 Å². The van der Waals surface area contributed by atoms with E-state index in [4.69, 9.17) is 29.0 Å². The van der Waals surface area contributed by atoms with Crippen LogP contribution in [0.2, 0.25) is 10.0 Å². The van der Waals surface area contributed by atoms with Crippen molar-refractivity contribution in [1.82, 2.24) is 20.2 Å². The topological polar surface area (TPSA) is 85.8 Å². The average Bonchev–Trinajstić information content (AvgIpc) is 3.01. The summed E-state index contributed by atoms with van der Waals surface area (Å²) in [6.45, 7) is 2.25. The van der Waals surface area contributed by atoms with Gasteiger partial charge in [-0.2, -0.15) is 0 Å². The molecule has 0 fully saturated rings. The molecule has 3 N–H and O–H groups in total. The van der Waals surface area contributed by atoms with Crippen molar-refractivity contribution in [3.63, 3.8) is 0 Å². The standard InChI is InChI=1S/C18H17Cl2N5OS/c1-11(17(26)22-10-12-5-3-2-4-6-12)27-18-24-23-16(25(18)21)14-8-7-13(19)9-15(14)20/h2-9,11H,10,21H2,1H3,(H,22,26). The molecular formula is C18H17Cl2N5OS. The second-order valence-electron chi connectivity index (χ2n) is 5.76. The van der Waals surface area contributed by atoms with E-state index in [1.165, 1.54) is 16.4 Å². The number of nitrogens with two attached hydrogens (primary N) is 1. The molecule has 1 heterocycles. The van der Waals surface area contributed by atoms with Crippen LogP contribution in [0.3, 0.4) is 0 Å². The van der Waals surface area contributed by atoms with E-state index in [1.807, 2.05) is 30.3 Å². The first-order valence-electron chi connectivity index (χ1n) is 8.10. The Morgan fingerprint density at radius 3 is 2.67 bits per heavy atom. The maximum atomic E-state index is 12.3. The summed E-state index contributed by atoms with van der Waals surface area (Å²) in [5.74, 6) is 6.39. The lowest BCUT2D eigenvalue weighted by atomic mass is 10.2. The predicted molar refractivity (Wildman–Crippen MR) is 109 cm³/mol. The first-order valence-corrected chi connectivity index (χ1v) is 9.73. The Balaban J connectivity index is 1.67. The van der Waals surface area contributed by atoms with Gasteiger partial charge >= 0.3 is 0 Å². The van der Waals surface area contributed by atoms with Crippen molar-refractivity contribution in [3.05, 3.63) is 64.1 Å². The second kappa shape index (κ2) is 8.65. The molecule has 9 heteroatoms. The molecule has 140 valence electrons. The highest BCUT2D eigenvalue weighted by atomic mass is 35.5. The smallest absolute Gasteiger partial charge is 0.233 e. The van der Waals surface area contributed by atoms with Crippen LogP contribution in [0.1, 0.15) is 12.5 Å². The Bertz CT molecular complexity index is 948. The Morgan fingerprint density at radius 1 is 1.22 bits per heavy atom. The fraction of sp³-hybridized carbons (Fsp3) is 0.167. The number of amides is 1. The maximum Gasteiger partial charge on any atom is 0.233 e. The zero-order valence-electron chi connectivity index (χ0n) is 14.4. The quantitative estimate of drug-likeness (QED) is 0.467. The Hall–Kier alpha value is -2.22. The van der Waals surface area contributed by atoms with E-state index in [0.29, 0.717) is 33.1 Å². The molecule has 0 spiro atoms. The van der Waals surface area contributed by atoms with Crippen LogP contribution in [0.4, 0.5) is 0 Å². The highest BCUT2D eigenvalue weighted by Crippen LogP contribution is 2.31. The van der Waals surface area contributed by atoms with Crippen molar-refractivity contribution < 1.29 is 4.79 Å². The van der Waals surface area contributed by atoms with E-state index >= 15 is 0 Å². The van der Waals surface area contributed by atoms with Crippen molar-refractivity contribution >= 4 is 40.9 Å². The van der Waals surface area contributed by atoms with E-state index < -0.39 is 5.25 Å². The molecule has 0 bridgehead atoms. The van der Waals surface area contributed by atoms with Gasteiger partial charge in [0, 0.05) is 17.1 Å². The number of hydrogen-bond acceptors (Lipinski definition) is 5. The summed E-state index contributed by atoms with van der Waals surface area (Å²) in [5.41, 5.74) is 1.65. The zero-order chi connectivity index (χ0) is 19.4. The number of carbonyl (C=O) groups excluding carboxylic acids is 1. The lowest BCUT2D eigenvalue weighted by Crippen LogP contribution is -2.30. The molecule has 0 aliphatic rings. The molecule has 1 amide bonds. The highest BCUT2D eigenvalue weighted by Gasteiger charge is 2.20. The Kier molecular flexibility index (Phi) is 6.26. The van der Waals surface area contributed by atoms with E-state index in [1.54, 1.807) is 25.1 Å². The Morgan fingerprint density at radius 2 is 1.96 bits per heavy atom. The predicted octanol–water partition coefficient (Wildman–Crippen LogP) is 3.76. The number of rotatable bonds is 6. The summed E-state index contributed by atoms with van der Waals surface area (Å²) in [4.78, 5) is 12.3. The number of benzene rings is 2. The molecule has 0 aliphatic carbocycles. The minimum atomic E-state index is -0.395. The molecule has 1 atom stereocenters. The van der Waals surface area contributed by atoms with Gasteiger partial charge in [0.05, 0.1) is 10.3 Å². The molecular weight excluding hydrogens is 405 g/mol. The number of nitrogen functional groups attached to an aromatic ring is 1. The van der Waals surface area contributed by atoms with Crippen molar-refractivity contribution in [2.45, 2.75) is 23.9 Å². The summed E-state index contributed by atoms with van der Waals surface area (Å²) in [7, 11) is 0. The molecule has 27 heavy (non-hydrogen) atoms. The zero-order valence-corrected chi connectivity index (χ0v) is 16.7. The molecule has 1 unspecified atom stereocenters. The number of halogens is 2. The first kappa shape index (κ1) is 19.5. The lowest BCUT2D eigenvalue weighted by molar-refractivity contribution is -0.120. The van der Waals surface area contributed by atoms with Gasteiger partial charge in [0.1, 0.15) is 0 Å². The Labute approximate surface area is 171 Å². The van der Waals surface area contributed by atoms with E-state index in [2.05, 4.69) is 15.5 Å². The fourth-order valence-corrected chi connectivity index (χ4v) is 3.64. The summed E-state index contributed by atoms with van der Waals surface area (Å²) in [5, 5.41) is 12.0. The van der Waals surface area contributed by atoms with Gasteiger partial charge in [-0.05, 0) is 30.7 Å². The van der Waals surface area contributed by atoms with Gasteiger partial charge in [-0.15, -0.1) is 10.2 Å². The SMILES string of the molecule is CC(Sc1nnc(-c2ccc(Cl)cc2Cl)n1N)C(=O)NCc1ccccc1. The maximum absolute atomic E-state index is 12.3. The number of thioether (sulfide) groups is 1. The van der Waals surface area contributed by atoms with Gasteiger partial charge in [0.25, 0.3) is 0 Å². The van der Waals surface area contributed by atoms with Crippen LogP contribution in [0.15, 0.2) is 53.7 Å². The van der Waals surface area contributed by atoms with Crippen LogP contribution in [-0.4, -0.2) is 26.0 Å². The minimum Gasteiger partial charge on any atom is -0.351 e. The van der Waals surface area contributed by atoms with Crippen LogP contribution in [-0.2, 0) is 11.3 Å². The highest BCUT2D eigenvalue weighted by molar-refractivity contribution is 8.00. The minimum absolute atomic E-state index is 0.113. The van der Waals surface area contributed by atoms with Gasteiger partial charge in [0.2, 0.25) is 11.1 Å². The number of nitrogens with zero attached hydrogens (tertiary/aromatic N) is 3. The summed E-state index contributed by atoms with van der Waals surface area (Å²) < 4.78 is 1.32. The summed E-state index contributed by atoms with van der Waals surface area (Å²) >= 11 is 13.3. The van der Waals surface area contributed by atoms with Crippen LogP contribution in [0, 0.1) is 0 Å². The molecule has 3 rings (SSSR count). The lowest BCUT2D eigenvalue weighted by Gasteiger charge is -2.11. The number of nitrogens with one attached hydrogen (secondary N) is 1. The largest absolute Gasteiger partial charge is 0.351 e. The van der Waals surface area contributed by atoms with Gasteiger partial charge in [-0.3, -0.25) is 4.79 Å². The molecule has 0 aliphatic heterocycles. The second-order valence-corrected chi connectivity index (χ2v) is 7.92. The summed E-state index contributed by atoms with van der Waals surface area (Å²) in [6.07, 6.45) is 0. The van der Waals surface area contributed by atoms with Crippen molar-refractivity contribution in [3.8, 4) is 11.4 Å². The fourth-order valence-electron chi connectivity index (χ4n) is 2.35. The first-order chi connectivity index (χ1) is 13.0.